The van der Waals surface area contributed by atoms with E-state index in [4.69, 9.17) is 0 Å². The van der Waals surface area contributed by atoms with Crippen LogP contribution in [0.2, 0.25) is 0 Å². The minimum absolute atomic E-state index is 0.193. The summed E-state index contributed by atoms with van der Waals surface area (Å²) in [7, 11) is 0. The molecule has 0 saturated heterocycles. The Bertz CT molecular complexity index is 1700. The van der Waals surface area contributed by atoms with Crippen molar-refractivity contribution in [3.05, 3.63) is 36.9 Å². The number of hydrogen-bond donors (Lipinski definition) is 3. The molecule has 3 N–H and O–H groups in total. The minimum Gasteiger partial charge on any atom is -0.286 e. The van der Waals surface area contributed by atoms with Crippen LogP contribution in [0.4, 0.5) is 0 Å². The van der Waals surface area contributed by atoms with E-state index in [2.05, 4.69) is 75.9 Å². The molecule has 61 heavy (non-hydrogen) atoms. The number of nitrogens with one attached hydrogen (secondary N) is 1. The molecule has 0 unspecified atom stereocenters. The average Bonchev–Trinajstić information content (AvgIpc) is 4.10. The van der Waals surface area contributed by atoms with E-state index in [1.807, 2.05) is 32.2 Å². The Hall–Kier alpha value is -1.27. The van der Waals surface area contributed by atoms with Crippen molar-refractivity contribution < 1.29 is 19.8 Å². The Labute approximate surface area is 387 Å². The van der Waals surface area contributed by atoms with Crippen molar-refractivity contribution in [3.8, 4) is 0 Å². The molecule has 8 aliphatic carbocycles. The topological polar surface area (TPSA) is 121 Å². The summed E-state index contributed by atoms with van der Waals surface area (Å²) in [4.78, 5) is 25.6. The molecule has 8 nitrogen and oxygen atoms in total. The first kappa shape index (κ1) is 49.2. The number of aromatic amines is 1. The van der Waals surface area contributed by atoms with Crippen LogP contribution in [0.1, 0.15) is 143 Å². The van der Waals surface area contributed by atoms with Gasteiger partial charge in [0.1, 0.15) is 5.78 Å². The van der Waals surface area contributed by atoms with E-state index in [0.29, 0.717) is 29.4 Å². The van der Waals surface area contributed by atoms with Crippen LogP contribution >= 0.6 is 40.0 Å². The Morgan fingerprint density at radius 2 is 1.18 bits per heavy atom. The van der Waals surface area contributed by atoms with E-state index in [-0.39, 0.29) is 16.7 Å². The monoisotopic (exact) mass is 936 g/mol. The van der Waals surface area contributed by atoms with Crippen molar-refractivity contribution in [2.24, 2.45) is 81.8 Å². The molecule has 2 heterocycles. The van der Waals surface area contributed by atoms with Crippen molar-refractivity contribution in [2.75, 3.05) is 5.33 Å². The normalized spacial score (nSPS) is 43.9. The predicted octanol–water partition coefficient (Wildman–Crippen LogP) is 9.85. The van der Waals surface area contributed by atoms with Crippen LogP contribution in [0.15, 0.2) is 36.9 Å². The number of ketones is 2. The van der Waals surface area contributed by atoms with E-state index in [1.54, 1.807) is 30.0 Å². The fourth-order valence-corrected chi connectivity index (χ4v) is 16.6. The first-order valence-corrected chi connectivity index (χ1v) is 26.3. The summed E-state index contributed by atoms with van der Waals surface area (Å²) in [6, 6.07) is 3.73. The van der Waals surface area contributed by atoms with Gasteiger partial charge in [0.15, 0.2) is 5.78 Å². The molecule has 8 fully saturated rings. The molecular formula is C48H75B2BrN4O4S2-. The van der Waals surface area contributed by atoms with Crippen molar-refractivity contribution in [1.82, 2.24) is 20.0 Å². The van der Waals surface area contributed by atoms with Crippen LogP contribution in [0, 0.1) is 81.8 Å². The van der Waals surface area contributed by atoms with Gasteiger partial charge in [-0.05, 0) is 212 Å². The van der Waals surface area contributed by atoms with Gasteiger partial charge in [0.2, 0.25) is 0 Å². The number of halogens is 1. The third-order valence-corrected chi connectivity index (χ3v) is 19.2. The summed E-state index contributed by atoms with van der Waals surface area (Å²) in [5.41, 5.74) is -0.399. The van der Waals surface area contributed by atoms with Gasteiger partial charge in [-0.2, -0.15) is 10.2 Å². The number of hydrogen-bond acceptors (Lipinski definition) is 8. The molecule has 337 valence electrons. The molecular weight excluding hydrogens is 862 g/mol. The van der Waals surface area contributed by atoms with Crippen LogP contribution in [-0.2, 0) is 16.1 Å². The van der Waals surface area contributed by atoms with Gasteiger partial charge in [0.25, 0.3) is 0 Å². The summed E-state index contributed by atoms with van der Waals surface area (Å²) in [6.45, 7) is 15.1. The molecule has 8 saturated carbocycles. The number of carbonyl (C=O) groups is 2. The number of nitrogens with zero attached hydrogens (tertiary/aromatic N) is 3. The summed E-state index contributed by atoms with van der Waals surface area (Å²) in [5.74, 6) is 9.37. The largest absolute Gasteiger partial charge is 0.286 e. The van der Waals surface area contributed by atoms with Crippen LogP contribution in [-0.4, -0.2) is 71.7 Å². The first-order chi connectivity index (χ1) is 29.2. The molecule has 0 aliphatic heterocycles. The number of aromatic nitrogens is 4. The van der Waals surface area contributed by atoms with E-state index in [9.17, 15) is 19.8 Å². The fraction of sp³-hybridized carbons (Fsp3) is 0.833. The van der Waals surface area contributed by atoms with Crippen LogP contribution in [0.5, 0.6) is 0 Å². The van der Waals surface area contributed by atoms with Gasteiger partial charge < -0.3 is 22.3 Å². The quantitative estimate of drug-likeness (QED) is 0.200. The Morgan fingerprint density at radius 3 is 1.59 bits per heavy atom. The number of H-pyrrole nitrogens is 1. The summed E-state index contributed by atoms with van der Waals surface area (Å²) in [6.07, 6.45) is 28.6. The number of alkyl halides is 1. The van der Waals surface area contributed by atoms with Gasteiger partial charge in [-0.15, -0.1) is 6.72 Å². The van der Waals surface area contributed by atoms with Gasteiger partial charge in [0.05, 0.1) is 23.1 Å². The van der Waals surface area contributed by atoms with Gasteiger partial charge in [0, 0.05) is 36.6 Å². The molecule has 0 aromatic carbocycles. The zero-order chi connectivity index (χ0) is 44.2. The molecule has 0 spiro atoms. The maximum atomic E-state index is 13.1. The van der Waals surface area contributed by atoms with E-state index < -0.39 is 11.2 Å². The second-order valence-electron chi connectivity index (χ2n) is 21.7. The average molecular weight is 938 g/mol. The van der Waals surface area contributed by atoms with Crippen LogP contribution < -0.4 is 0 Å². The van der Waals surface area contributed by atoms with Gasteiger partial charge in [-0.3, -0.25) is 19.4 Å². The molecule has 0 bridgehead atoms. The minimum atomic E-state index is -0.436. The third-order valence-electron chi connectivity index (χ3n) is 18.7. The molecule has 16 atom stereocenters. The number of rotatable bonds is 5. The number of Topliss-reactive ketones (excluding diaryl/α,β-unsaturated/α-hetero) is 2. The van der Waals surface area contributed by atoms with E-state index >= 15 is 0 Å². The van der Waals surface area contributed by atoms with E-state index in [1.165, 1.54) is 77.0 Å². The van der Waals surface area contributed by atoms with Crippen molar-refractivity contribution in [2.45, 2.75) is 161 Å². The molecule has 0 amide bonds. The second-order valence-corrected chi connectivity index (χ2v) is 22.3. The van der Waals surface area contributed by atoms with Gasteiger partial charge in [-0.1, -0.05) is 29.8 Å². The molecule has 13 heteroatoms. The molecule has 2 aromatic heterocycles. The SMILES string of the molecule is C[C@@]1(O)CC[C@H]2[C@@H](CC[C@@H]3[C@@H]2CC[C@]2(C)[C@@H](C(=O)CBr)CC[C@@H]32)C1.C[C@@]1(O)CC[C@H]2[C@@H](CC[C@@H]3[C@@H]2CC[C@]2(C)[C@@H](C(=O)Cn4cccn4)CC[C@@H]32)C1.[BH2-]=S.[B]=S.c1cn[nH]c1. The van der Waals surface area contributed by atoms with Gasteiger partial charge >= 0.3 is 18.8 Å². The molecule has 10 rings (SSSR count). The standard InChI is InChI=1S/C24H36N2O2.C21H33BrO2.C3H4N2.BH2S.BS/c1-23(28)10-8-17-16(14-23)4-5-19-18(17)9-11-24(2)20(19)6-7-21(24)22(27)15-26-13-3-12-25-26;1-20(24)9-7-14-13(11-20)3-4-16-15(14)8-10-21(2)17(16)5-6-18(21)19(23)12-22;1-2-4-5-3-1;2*1-2/h3,12-13,16-21,28H,4-11,14-15H2,1-2H3;13-18,24H,3-12H2,1-2H3;1-3H,(H,4,5);1H2;/q;;;-1;/t16-,17-,18+,19+,20-,21+,23+,24-;13-,14-,15+,16+,17-,18+,20+,21-;;;/m00.../s1. The second kappa shape index (κ2) is 20.9. The van der Waals surface area contributed by atoms with E-state index in [0.717, 1.165) is 97.7 Å². The number of aliphatic hydroxyl groups is 2. The summed E-state index contributed by atoms with van der Waals surface area (Å²) in [5, 5.41) is 32.0. The molecule has 1 radical (unpaired) electrons. The summed E-state index contributed by atoms with van der Waals surface area (Å²) >= 11 is 11.1. The Balaban J connectivity index is 0.000000172. The van der Waals surface area contributed by atoms with Crippen LogP contribution in [0.25, 0.3) is 0 Å². The smallest absolute Gasteiger partial charge is 0.0487 e. The molecule has 8 aliphatic rings. The predicted molar refractivity (Wildman–Crippen MR) is 257 cm³/mol. The van der Waals surface area contributed by atoms with Crippen molar-refractivity contribution >= 4 is 65.1 Å². The van der Waals surface area contributed by atoms with Crippen molar-refractivity contribution in [3.63, 3.8) is 0 Å². The van der Waals surface area contributed by atoms with Crippen LogP contribution in [0.3, 0.4) is 0 Å². The number of fused-ring (bicyclic) bond motifs is 10. The van der Waals surface area contributed by atoms with Gasteiger partial charge in [-0.25, -0.2) is 0 Å². The Kier molecular flexibility index (Phi) is 16.9. The zero-order valence-electron chi connectivity index (χ0n) is 37.9. The first-order valence-electron chi connectivity index (χ1n) is 23.8. The number of carbonyl (C=O) groups excluding carboxylic acids is 2. The molecule has 2 aromatic rings. The zero-order valence-corrected chi connectivity index (χ0v) is 41.1. The maximum Gasteiger partial charge on any atom is 0.0487 e. The maximum absolute atomic E-state index is 13.1. The van der Waals surface area contributed by atoms with Crippen molar-refractivity contribution in [1.29, 1.82) is 0 Å². The fourth-order valence-electron chi connectivity index (χ4n) is 16.2. The Morgan fingerprint density at radius 1 is 0.689 bits per heavy atom. The third kappa shape index (κ3) is 10.4. The summed E-state index contributed by atoms with van der Waals surface area (Å²) < 4.78 is 1.80.